The Hall–Kier alpha value is -0.780. The third-order valence-corrected chi connectivity index (χ3v) is 3.74. The maximum Gasteiger partial charge on any atom is -0.0244 e. The van der Waals surface area contributed by atoms with E-state index in [0.717, 1.165) is 17.8 Å². The first-order chi connectivity index (χ1) is 8.04. The normalized spacial score (nSPS) is 19.1. The van der Waals surface area contributed by atoms with E-state index >= 15 is 0 Å². The molecule has 2 rings (SSSR count). The number of fused-ring (bicyclic) bond motifs is 1. The molecule has 0 saturated carbocycles. The lowest BCUT2D eigenvalue weighted by Gasteiger charge is -2.11. The van der Waals surface area contributed by atoms with Crippen molar-refractivity contribution in [2.75, 3.05) is 0 Å². The predicted molar refractivity (Wildman–Crippen MR) is 75.3 cm³/mol. The molecule has 0 N–H and O–H groups in total. The van der Waals surface area contributed by atoms with Crippen LogP contribution >= 0.6 is 0 Å². The van der Waals surface area contributed by atoms with Crippen molar-refractivity contribution in [3.63, 3.8) is 0 Å². The highest BCUT2D eigenvalue weighted by atomic mass is 14.3. The van der Waals surface area contributed by atoms with E-state index in [4.69, 9.17) is 0 Å². The van der Waals surface area contributed by atoms with E-state index < -0.39 is 0 Å². The first kappa shape index (κ1) is 12.7. The average molecular weight is 230 g/mol. The van der Waals surface area contributed by atoms with Gasteiger partial charge in [0.05, 0.1) is 0 Å². The lowest BCUT2D eigenvalue weighted by atomic mass is 9.95. The minimum atomic E-state index is 0.765. The van der Waals surface area contributed by atoms with Crippen LogP contribution in [0.3, 0.4) is 0 Å². The van der Waals surface area contributed by atoms with Gasteiger partial charge in [0.25, 0.3) is 0 Å². The largest absolute Gasteiger partial charge is 0.0628 e. The molecule has 0 heterocycles. The summed E-state index contributed by atoms with van der Waals surface area (Å²) in [4.78, 5) is 0. The summed E-state index contributed by atoms with van der Waals surface area (Å²) in [6.07, 6.45) is 5.24. The second-order valence-electron chi connectivity index (χ2n) is 6.60. The van der Waals surface area contributed by atoms with E-state index in [9.17, 15) is 0 Å². The van der Waals surface area contributed by atoms with Crippen LogP contribution in [-0.2, 0) is 19.3 Å². The molecule has 0 bridgehead atoms. The van der Waals surface area contributed by atoms with E-state index in [2.05, 4.69) is 45.9 Å². The summed E-state index contributed by atoms with van der Waals surface area (Å²) < 4.78 is 0. The Labute approximate surface area is 106 Å². The molecular formula is C17H26. The Morgan fingerprint density at radius 1 is 1.00 bits per heavy atom. The Kier molecular flexibility index (Phi) is 3.91. The Bertz CT molecular complexity index is 374. The predicted octanol–water partition coefficient (Wildman–Crippen LogP) is 4.65. The van der Waals surface area contributed by atoms with Crippen LogP contribution in [0.25, 0.3) is 0 Å². The summed E-state index contributed by atoms with van der Waals surface area (Å²) in [6.45, 7) is 9.28. The second kappa shape index (κ2) is 5.25. The molecule has 0 spiro atoms. The van der Waals surface area contributed by atoms with Crippen LogP contribution in [0, 0.1) is 17.8 Å². The van der Waals surface area contributed by atoms with E-state index in [1.807, 2.05) is 0 Å². The monoisotopic (exact) mass is 230 g/mol. The van der Waals surface area contributed by atoms with E-state index in [1.165, 1.54) is 31.2 Å². The Morgan fingerprint density at radius 2 is 1.71 bits per heavy atom. The summed E-state index contributed by atoms with van der Waals surface area (Å²) in [6, 6.07) is 7.19. The van der Waals surface area contributed by atoms with Gasteiger partial charge in [0.15, 0.2) is 0 Å². The summed E-state index contributed by atoms with van der Waals surface area (Å²) in [5.41, 5.74) is 4.78. The molecule has 0 nitrogen and oxygen atoms in total. The van der Waals surface area contributed by atoms with Crippen molar-refractivity contribution >= 4 is 0 Å². The molecular weight excluding hydrogens is 204 g/mol. The van der Waals surface area contributed by atoms with Crippen molar-refractivity contribution in [1.29, 1.82) is 0 Å². The first-order valence-electron chi connectivity index (χ1n) is 7.15. The molecule has 0 radical (unpaired) electrons. The molecule has 1 aromatic carbocycles. The molecule has 1 unspecified atom stereocenters. The van der Waals surface area contributed by atoms with Gasteiger partial charge < -0.3 is 0 Å². The van der Waals surface area contributed by atoms with Gasteiger partial charge in [-0.05, 0) is 60.1 Å². The standard InChI is InChI=1S/C17H26/c1-12(2)7-14-5-6-16-10-15(8-13(3)4)11-17(16)9-14/h5-6,9,12-13,15H,7-8,10-11H2,1-4H3. The van der Waals surface area contributed by atoms with Crippen molar-refractivity contribution in [2.45, 2.75) is 53.4 Å². The lowest BCUT2D eigenvalue weighted by molar-refractivity contribution is 0.426. The zero-order valence-corrected chi connectivity index (χ0v) is 11.8. The average Bonchev–Trinajstić information content (AvgIpc) is 2.56. The van der Waals surface area contributed by atoms with Gasteiger partial charge >= 0.3 is 0 Å². The maximum absolute atomic E-state index is 2.47. The van der Waals surface area contributed by atoms with Crippen LogP contribution in [0.2, 0.25) is 0 Å². The van der Waals surface area contributed by atoms with E-state index in [-0.39, 0.29) is 0 Å². The zero-order valence-electron chi connectivity index (χ0n) is 11.8. The van der Waals surface area contributed by atoms with Gasteiger partial charge in [0.2, 0.25) is 0 Å². The number of hydrogen-bond donors (Lipinski definition) is 0. The van der Waals surface area contributed by atoms with Crippen LogP contribution in [-0.4, -0.2) is 0 Å². The minimum Gasteiger partial charge on any atom is -0.0628 e. The van der Waals surface area contributed by atoms with Crippen molar-refractivity contribution in [1.82, 2.24) is 0 Å². The molecule has 1 atom stereocenters. The molecule has 0 amide bonds. The van der Waals surface area contributed by atoms with Gasteiger partial charge in [0.1, 0.15) is 0 Å². The highest BCUT2D eigenvalue weighted by molar-refractivity contribution is 5.36. The summed E-state index contributed by atoms with van der Waals surface area (Å²) in [5.74, 6) is 2.50. The summed E-state index contributed by atoms with van der Waals surface area (Å²) in [7, 11) is 0. The van der Waals surface area contributed by atoms with Gasteiger partial charge in [-0.1, -0.05) is 45.9 Å². The smallest absolute Gasteiger partial charge is 0.0244 e. The van der Waals surface area contributed by atoms with E-state index in [0.29, 0.717) is 0 Å². The molecule has 0 aromatic heterocycles. The molecule has 1 aromatic rings. The van der Waals surface area contributed by atoms with Crippen molar-refractivity contribution in [2.24, 2.45) is 17.8 Å². The fraction of sp³-hybridized carbons (Fsp3) is 0.647. The third kappa shape index (κ3) is 3.34. The molecule has 0 heteroatoms. The van der Waals surface area contributed by atoms with Crippen LogP contribution in [0.5, 0.6) is 0 Å². The van der Waals surface area contributed by atoms with Crippen molar-refractivity contribution in [3.8, 4) is 0 Å². The molecule has 0 saturated heterocycles. The van der Waals surface area contributed by atoms with Gasteiger partial charge in [0, 0.05) is 0 Å². The fourth-order valence-corrected chi connectivity index (χ4v) is 3.19. The van der Waals surface area contributed by atoms with Gasteiger partial charge in [-0.2, -0.15) is 0 Å². The fourth-order valence-electron chi connectivity index (χ4n) is 3.19. The van der Waals surface area contributed by atoms with E-state index in [1.54, 1.807) is 11.1 Å². The number of benzene rings is 1. The highest BCUT2D eigenvalue weighted by Gasteiger charge is 2.22. The molecule has 94 valence electrons. The van der Waals surface area contributed by atoms with Crippen molar-refractivity contribution in [3.05, 3.63) is 34.9 Å². The van der Waals surface area contributed by atoms with Gasteiger partial charge in [-0.3, -0.25) is 0 Å². The second-order valence-corrected chi connectivity index (χ2v) is 6.60. The number of hydrogen-bond acceptors (Lipinski definition) is 0. The zero-order chi connectivity index (χ0) is 12.4. The van der Waals surface area contributed by atoms with Gasteiger partial charge in [-0.15, -0.1) is 0 Å². The highest BCUT2D eigenvalue weighted by Crippen LogP contribution is 2.31. The third-order valence-electron chi connectivity index (χ3n) is 3.74. The topological polar surface area (TPSA) is 0 Å². The van der Waals surface area contributed by atoms with Crippen LogP contribution < -0.4 is 0 Å². The molecule has 1 aliphatic carbocycles. The molecule has 0 fully saturated rings. The van der Waals surface area contributed by atoms with Crippen LogP contribution in [0.4, 0.5) is 0 Å². The summed E-state index contributed by atoms with van der Waals surface area (Å²) in [5, 5.41) is 0. The molecule has 0 aliphatic heterocycles. The SMILES string of the molecule is CC(C)Cc1ccc2c(c1)CC(CC(C)C)C2. The molecule has 1 aliphatic rings. The van der Waals surface area contributed by atoms with Crippen LogP contribution in [0.1, 0.15) is 50.8 Å². The summed E-state index contributed by atoms with van der Waals surface area (Å²) >= 11 is 0. The number of rotatable bonds is 4. The molecule has 17 heavy (non-hydrogen) atoms. The van der Waals surface area contributed by atoms with Gasteiger partial charge in [-0.25, -0.2) is 0 Å². The van der Waals surface area contributed by atoms with Crippen molar-refractivity contribution < 1.29 is 0 Å². The lowest BCUT2D eigenvalue weighted by Crippen LogP contribution is -2.03. The Balaban J connectivity index is 2.05. The Morgan fingerprint density at radius 3 is 2.35 bits per heavy atom. The quantitative estimate of drug-likeness (QED) is 0.706. The minimum absolute atomic E-state index is 0.765. The first-order valence-corrected chi connectivity index (χ1v) is 7.15. The van der Waals surface area contributed by atoms with Crippen LogP contribution in [0.15, 0.2) is 18.2 Å². The maximum atomic E-state index is 2.47.